The Hall–Kier alpha value is -2.72. The number of hydrogen-bond donors (Lipinski definition) is 1. The number of non-ortho nitro benzene ring substituents is 1. The van der Waals surface area contributed by atoms with Gasteiger partial charge >= 0.3 is 0 Å². The van der Waals surface area contributed by atoms with Crippen molar-refractivity contribution in [1.29, 1.82) is 0 Å². The molecule has 0 saturated carbocycles. The molecule has 0 fully saturated rings. The normalized spacial score (nSPS) is 10.5. The Morgan fingerprint density at radius 2 is 2.15 bits per heavy atom. The second-order valence-corrected chi connectivity index (χ2v) is 6.24. The minimum absolute atomic E-state index is 0.0213. The summed E-state index contributed by atoms with van der Waals surface area (Å²) in [5.41, 5.74) is 0.495. The summed E-state index contributed by atoms with van der Waals surface area (Å²) in [6.45, 7) is 4.63. The van der Waals surface area contributed by atoms with Crippen molar-refractivity contribution >= 4 is 29.0 Å². The highest BCUT2D eigenvalue weighted by Crippen LogP contribution is 2.19. The van der Waals surface area contributed by atoms with Gasteiger partial charge < -0.3 is 14.6 Å². The third-order valence-electron chi connectivity index (χ3n) is 3.30. The molecular formula is C16H19N5O4S. The fourth-order valence-corrected chi connectivity index (χ4v) is 3.00. The molecule has 0 aliphatic heterocycles. The Morgan fingerprint density at radius 1 is 1.42 bits per heavy atom. The van der Waals surface area contributed by atoms with Crippen LogP contribution in [-0.2, 0) is 22.7 Å². The smallest absolute Gasteiger partial charge is 0.269 e. The molecule has 0 unspecified atom stereocenters. The van der Waals surface area contributed by atoms with E-state index < -0.39 is 4.92 Å². The van der Waals surface area contributed by atoms with Crippen molar-refractivity contribution < 1.29 is 14.5 Å². The largest absolute Gasteiger partial charge is 0.377 e. The number of nitrogens with zero attached hydrogens (tertiary/aromatic N) is 4. The Bertz CT molecular complexity index is 775. The molecule has 0 radical (unpaired) electrons. The molecule has 0 spiro atoms. The van der Waals surface area contributed by atoms with Crippen molar-refractivity contribution in [2.75, 3.05) is 18.2 Å². The monoisotopic (exact) mass is 377 g/mol. The second kappa shape index (κ2) is 9.68. The van der Waals surface area contributed by atoms with Crippen LogP contribution in [0.5, 0.6) is 0 Å². The molecule has 0 atom stereocenters. The average Bonchev–Trinajstić information content (AvgIpc) is 2.98. The first-order valence-electron chi connectivity index (χ1n) is 7.74. The molecule has 2 aromatic rings. The van der Waals surface area contributed by atoms with Crippen LogP contribution in [0.4, 0.5) is 11.4 Å². The lowest BCUT2D eigenvalue weighted by molar-refractivity contribution is -0.384. The highest BCUT2D eigenvalue weighted by molar-refractivity contribution is 7.99. The number of carbonyl (C=O) groups is 1. The molecule has 0 aliphatic carbocycles. The number of anilines is 1. The van der Waals surface area contributed by atoms with Gasteiger partial charge in [0.15, 0.2) is 11.0 Å². The number of ether oxygens (including phenoxy) is 1. The number of rotatable bonds is 10. The van der Waals surface area contributed by atoms with E-state index in [1.165, 1.54) is 36.0 Å². The van der Waals surface area contributed by atoms with Crippen LogP contribution in [0.3, 0.4) is 0 Å². The molecule has 1 amide bonds. The van der Waals surface area contributed by atoms with Crippen LogP contribution in [0.25, 0.3) is 0 Å². The van der Waals surface area contributed by atoms with E-state index in [1.807, 2.05) is 4.57 Å². The SMILES string of the molecule is C=CCn1c(COC)nnc1SCCC(=O)Nc1ccc([N+](=O)[O-])cc1. The lowest BCUT2D eigenvalue weighted by Gasteiger charge is -2.07. The van der Waals surface area contributed by atoms with E-state index in [9.17, 15) is 14.9 Å². The van der Waals surface area contributed by atoms with E-state index in [2.05, 4.69) is 22.1 Å². The van der Waals surface area contributed by atoms with Crippen molar-refractivity contribution in [3.05, 3.63) is 52.9 Å². The fraction of sp³-hybridized carbons (Fsp3) is 0.312. The van der Waals surface area contributed by atoms with Crippen molar-refractivity contribution in [3.8, 4) is 0 Å². The van der Waals surface area contributed by atoms with E-state index in [0.29, 0.717) is 35.6 Å². The summed E-state index contributed by atoms with van der Waals surface area (Å²) >= 11 is 1.41. The van der Waals surface area contributed by atoms with Gasteiger partial charge in [0.2, 0.25) is 5.91 Å². The third kappa shape index (κ3) is 5.39. The lowest BCUT2D eigenvalue weighted by Crippen LogP contribution is -2.12. The van der Waals surface area contributed by atoms with Gasteiger partial charge in [0.1, 0.15) is 6.61 Å². The van der Waals surface area contributed by atoms with Crippen LogP contribution < -0.4 is 5.32 Å². The molecule has 138 valence electrons. The van der Waals surface area contributed by atoms with Gasteiger partial charge in [-0.15, -0.1) is 16.8 Å². The molecule has 1 aromatic carbocycles. The molecule has 1 heterocycles. The van der Waals surface area contributed by atoms with Crippen LogP contribution in [-0.4, -0.2) is 38.5 Å². The van der Waals surface area contributed by atoms with E-state index >= 15 is 0 Å². The number of nitro groups is 1. The molecule has 9 nitrogen and oxygen atoms in total. The number of benzene rings is 1. The summed E-state index contributed by atoms with van der Waals surface area (Å²) in [6, 6.07) is 5.70. The first-order valence-corrected chi connectivity index (χ1v) is 8.72. The van der Waals surface area contributed by atoms with E-state index in [4.69, 9.17) is 4.74 Å². The molecule has 1 aromatic heterocycles. The van der Waals surface area contributed by atoms with Gasteiger partial charge in [-0.2, -0.15) is 0 Å². The van der Waals surface area contributed by atoms with Crippen LogP contribution in [0.15, 0.2) is 42.1 Å². The Morgan fingerprint density at radius 3 is 2.77 bits per heavy atom. The zero-order chi connectivity index (χ0) is 18.9. The zero-order valence-corrected chi connectivity index (χ0v) is 15.1. The van der Waals surface area contributed by atoms with Gasteiger partial charge in [-0.05, 0) is 12.1 Å². The number of hydrogen-bond acceptors (Lipinski definition) is 7. The highest BCUT2D eigenvalue weighted by atomic mass is 32.2. The molecule has 10 heteroatoms. The van der Waals surface area contributed by atoms with Gasteiger partial charge in [-0.3, -0.25) is 14.9 Å². The van der Waals surface area contributed by atoms with E-state index in [-0.39, 0.29) is 18.0 Å². The molecule has 1 N–H and O–H groups in total. The van der Waals surface area contributed by atoms with Crippen LogP contribution >= 0.6 is 11.8 Å². The first-order chi connectivity index (χ1) is 12.5. The predicted molar refractivity (Wildman–Crippen MR) is 98.0 cm³/mol. The number of aromatic nitrogens is 3. The summed E-state index contributed by atoms with van der Waals surface area (Å²) in [5, 5.41) is 22.2. The molecule has 26 heavy (non-hydrogen) atoms. The summed E-state index contributed by atoms with van der Waals surface area (Å²) in [5.74, 6) is 1.03. The van der Waals surface area contributed by atoms with Crippen molar-refractivity contribution in [2.45, 2.75) is 24.7 Å². The summed E-state index contributed by atoms with van der Waals surface area (Å²) in [7, 11) is 1.59. The third-order valence-corrected chi connectivity index (χ3v) is 4.27. The van der Waals surface area contributed by atoms with Gasteiger partial charge in [0.25, 0.3) is 5.69 Å². The van der Waals surface area contributed by atoms with Crippen LogP contribution in [0.1, 0.15) is 12.2 Å². The molecule has 0 aliphatic rings. The number of amides is 1. The maximum Gasteiger partial charge on any atom is 0.269 e. The van der Waals surface area contributed by atoms with E-state index in [1.54, 1.807) is 13.2 Å². The van der Waals surface area contributed by atoms with Crippen LogP contribution in [0.2, 0.25) is 0 Å². The Balaban J connectivity index is 1.86. The van der Waals surface area contributed by atoms with Gasteiger partial charge in [-0.1, -0.05) is 17.8 Å². The Kier molecular flexibility index (Phi) is 7.30. The fourth-order valence-electron chi connectivity index (χ4n) is 2.10. The summed E-state index contributed by atoms with van der Waals surface area (Å²) < 4.78 is 6.97. The number of nitro benzene ring substituents is 1. The maximum atomic E-state index is 12.0. The van der Waals surface area contributed by atoms with Crippen molar-refractivity contribution in [2.24, 2.45) is 0 Å². The Labute approximate surface area is 154 Å². The minimum atomic E-state index is -0.487. The summed E-state index contributed by atoms with van der Waals surface area (Å²) in [6.07, 6.45) is 2.01. The number of methoxy groups -OCH3 is 1. The van der Waals surface area contributed by atoms with Crippen molar-refractivity contribution in [1.82, 2.24) is 14.8 Å². The quantitative estimate of drug-likeness (QED) is 0.293. The topological polar surface area (TPSA) is 112 Å². The summed E-state index contributed by atoms with van der Waals surface area (Å²) in [4.78, 5) is 22.1. The number of thioether (sulfide) groups is 1. The van der Waals surface area contributed by atoms with Gasteiger partial charge in [0.05, 0.1) is 4.92 Å². The second-order valence-electron chi connectivity index (χ2n) is 5.18. The lowest BCUT2D eigenvalue weighted by atomic mass is 10.3. The van der Waals surface area contributed by atoms with Crippen LogP contribution in [0, 0.1) is 10.1 Å². The zero-order valence-electron chi connectivity index (χ0n) is 14.3. The molecule has 0 bridgehead atoms. The van der Waals surface area contributed by atoms with Gasteiger partial charge in [-0.25, -0.2) is 0 Å². The maximum absolute atomic E-state index is 12.0. The molecular weight excluding hydrogens is 358 g/mol. The first kappa shape index (κ1) is 19.6. The molecule has 0 saturated heterocycles. The van der Waals surface area contributed by atoms with Crippen molar-refractivity contribution in [3.63, 3.8) is 0 Å². The number of nitrogens with one attached hydrogen (secondary N) is 1. The average molecular weight is 377 g/mol. The van der Waals surface area contributed by atoms with Gasteiger partial charge in [0, 0.05) is 43.6 Å². The predicted octanol–water partition coefficient (Wildman–Crippen LogP) is 2.64. The minimum Gasteiger partial charge on any atom is -0.377 e. The highest BCUT2D eigenvalue weighted by Gasteiger charge is 2.12. The number of allylic oxidation sites excluding steroid dienone is 1. The molecule has 2 rings (SSSR count). The van der Waals surface area contributed by atoms with E-state index in [0.717, 1.165) is 0 Å². The number of carbonyl (C=O) groups excluding carboxylic acids is 1. The standard InChI is InChI=1S/C16H19N5O4S/c1-3-9-20-14(11-25-2)18-19-16(20)26-10-8-15(22)17-12-4-6-13(7-5-12)21(23)24/h3-7H,1,8-11H2,2H3,(H,17,22).